The summed E-state index contributed by atoms with van der Waals surface area (Å²) < 4.78 is 13.3. The van der Waals surface area contributed by atoms with Gasteiger partial charge in [0.1, 0.15) is 18.9 Å². The third kappa shape index (κ3) is 3.78. The first-order valence-electron chi connectivity index (χ1n) is 10.6. The minimum Gasteiger partial charge on any atom is -0.486 e. The highest BCUT2D eigenvalue weighted by atomic mass is 16.6. The molecule has 3 aromatic carbocycles. The highest BCUT2D eigenvalue weighted by Crippen LogP contribution is 2.35. The summed E-state index contributed by atoms with van der Waals surface area (Å²) in [6, 6.07) is 23.7. The highest BCUT2D eigenvalue weighted by Gasteiger charge is 2.16. The number of nitrogens with zero attached hydrogens (tertiary/aromatic N) is 4. The number of H-pyrrole nitrogens is 1. The molecule has 1 aliphatic rings. The summed E-state index contributed by atoms with van der Waals surface area (Å²) in [6.07, 6.45) is 3.69. The molecule has 0 saturated carbocycles. The molecule has 0 saturated heterocycles. The number of imidazole rings is 1. The van der Waals surface area contributed by atoms with Crippen LogP contribution in [0.1, 0.15) is 5.56 Å². The fraction of sp³-hybridized carbons (Fsp3) is 0.0800. The van der Waals surface area contributed by atoms with Crippen molar-refractivity contribution in [3.05, 3.63) is 84.6 Å². The molecule has 1 aliphatic heterocycles. The average molecular weight is 436 g/mol. The molecule has 6 rings (SSSR count). The summed E-state index contributed by atoms with van der Waals surface area (Å²) in [6.45, 7) is 1.09. The van der Waals surface area contributed by atoms with Gasteiger partial charge in [-0.05, 0) is 42.5 Å². The number of hydrazone groups is 1. The second-order valence-electron chi connectivity index (χ2n) is 7.54. The minimum absolute atomic E-state index is 0.532. The second-order valence-corrected chi connectivity index (χ2v) is 7.54. The Balaban J connectivity index is 1.35. The van der Waals surface area contributed by atoms with Gasteiger partial charge in [0.2, 0.25) is 5.95 Å². The fourth-order valence-corrected chi connectivity index (χ4v) is 3.78. The lowest BCUT2D eigenvalue weighted by Crippen LogP contribution is -2.15. The molecule has 162 valence electrons. The molecule has 8 nitrogen and oxygen atoms in total. The Morgan fingerprint density at radius 1 is 0.939 bits per heavy atom. The summed E-state index contributed by atoms with van der Waals surface area (Å²) >= 11 is 0. The van der Waals surface area contributed by atoms with Crippen LogP contribution in [0.5, 0.6) is 11.5 Å². The maximum absolute atomic E-state index is 5.77. The van der Waals surface area contributed by atoms with Crippen molar-refractivity contribution in [1.29, 1.82) is 0 Å². The zero-order valence-electron chi connectivity index (χ0n) is 17.6. The van der Waals surface area contributed by atoms with Crippen molar-refractivity contribution in [3.8, 4) is 28.4 Å². The first-order valence-corrected chi connectivity index (χ1v) is 10.6. The van der Waals surface area contributed by atoms with Crippen LogP contribution in [-0.2, 0) is 0 Å². The van der Waals surface area contributed by atoms with Gasteiger partial charge < -0.3 is 14.5 Å². The van der Waals surface area contributed by atoms with E-state index in [4.69, 9.17) is 14.6 Å². The first-order chi connectivity index (χ1) is 16.3. The van der Waals surface area contributed by atoms with Gasteiger partial charge in [-0.2, -0.15) is 10.2 Å². The van der Waals surface area contributed by atoms with Crippen molar-refractivity contribution < 1.29 is 9.47 Å². The van der Waals surface area contributed by atoms with E-state index in [-0.39, 0.29) is 0 Å². The van der Waals surface area contributed by atoms with E-state index < -0.39 is 0 Å². The number of anilines is 1. The molecule has 0 amide bonds. The van der Waals surface area contributed by atoms with Gasteiger partial charge in [0.05, 0.1) is 22.9 Å². The molecule has 0 spiro atoms. The standard InChI is InChI=1S/C25H20N6O2/c1-2-6-19(7-3-1)31-16-18(15-26-29-25-27-20-8-4-5-9-21(20)28-25)24(30-31)17-10-11-22-23(14-17)33-13-12-32-22/h1-11,14-16H,12-13H2,(H2,27,28,29)/b26-15-. The highest BCUT2D eigenvalue weighted by molar-refractivity contribution is 5.89. The Hall–Kier alpha value is -4.59. The Labute approximate surface area is 189 Å². The number of hydrogen-bond donors (Lipinski definition) is 2. The molecule has 0 unspecified atom stereocenters. The molecular formula is C25H20N6O2. The van der Waals surface area contributed by atoms with Crippen LogP contribution in [0.25, 0.3) is 28.0 Å². The van der Waals surface area contributed by atoms with E-state index in [1.54, 1.807) is 6.21 Å². The van der Waals surface area contributed by atoms with Gasteiger partial charge in [0, 0.05) is 17.3 Å². The van der Waals surface area contributed by atoms with Crippen LogP contribution in [0.2, 0.25) is 0 Å². The van der Waals surface area contributed by atoms with Crippen molar-refractivity contribution in [2.75, 3.05) is 18.6 Å². The Bertz CT molecular complexity index is 1420. The summed E-state index contributed by atoms with van der Waals surface area (Å²) in [5.74, 6) is 2.04. The molecule has 5 aromatic rings. The maximum atomic E-state index is 5.77. The fourth-order valence-electron chi connectivity index (χ4n) is 3.78. The topological polar surface area (TPSA) is 89.4 Å². The predicted molar refractivity (Wildman–Crippen MR) is 127 cm³/mol. The Kier molecular flexibility index (Phi) is 4.73. The number of para-hydroxylation sites is 3. The lowest BCUT2D eigenvalue weighted by molar-refractivity contribution is 0.171. The monoisotopic (exact) mass is 436 g/mol. The van der Waals surface area contributed by atoms with Crippen molar-refractivity contribution >= 4 is 23.2 Å². The number of aromatic nitrogens is 4. The van der Waals surface area contributed by atoms with Gasteiger partial charge in [-0.25, -0.2) is 15.1 Å². The van der Waals surface area contributed by atoms with E-state index in [1.807, 2.05) is 83.7 Å². The Morgan fingerprint density at radius 2 is 1.76 bits per heavy atom. The maximum Gasteiger partial charge on any atom is 0.222 e. The quantitative estimate of drug-likeness (QED) is 0.310. The van der Waals surface area contributed by atoms with Crippen molar-refractivity contribution in [3.63, 3.8) is 0 Å². The van der Waals surface area contributed by atoms with Crippen molar-refractivity contribution in [1.82, 2.24) is 19.7 Å². The van der Waals surface area contributed by atoms with Crippen LogP contribution in [-0.4, -0.2) is 39.2 Å². The molecule has 0 fully saturated rings. The van der Waals surface area contributed by atoms with Crippen LogP contribution in [0, 0.1) is 0 Å². The van der Waals surface area contributed by atoms with Crippen LogP contribution in [0.15, 0.2) is 84.1 Å². The van der Waals surface area contributed by atoms with Crippen LogP contribution < -0.4 is 14.9 Å². The molecule has 2 aromatic heterocycles. The molecule has 8 heteroatoms. The van der Waals surface area contributed by atoms with E-state index in [1.165, 1.54) is 0 Å². The molecule has 0 aliphatic carbocycles. The van der Waals surface area contributed by atoms with Crippen molar-refractivity contribution in [2.45, 2.75) is 0 Å². The predicted octanol–water partition coefficient (Wildman–Crippen LogP) is 4.63. The van der Waals surface area contributed by atoms with Crippen LogP contribution in [0.4, 0.5) is 5.95 Å². The zero-order valence-corrected chi connectivity index (χ0v) is 17.6. The SMILES string of the molecule is C(=N/Nc1nc2ccccc2[nH]1)/c1cn(-c2ccccc2)nc1-c1ccc2c(c1)OCCO2. The molecule has 0 radical (unpaired) electrons. The molecule has 2 N–H and O–H groups in total. The third-order valence-electron chi connectivity index (χ3n) is 5.34. The van der Waals surface area contributed by atoms with Gasteiger partial charge in [0.25, 0.3) is 0 Å². The first kappa shape index (κ1) is 19.1. The average Bonchev–Trinajstić information content (AvgIpc) is 3.48. The van der Waals surface area contributed by atoms with Gasteiger partial charge in [-0.3, -0.25) is 0 Å². The molecular weight excluding hydrogens is 416 g/mol. The summed E-state index contributed by atoms with van der Waals surface area (Å²) in [5.41, 5.74) is 8.31. The molecule has 0 atom stereocenters. The van der Waals surface area contributed by atoms with E-state index >= 15 is 0 Å². The summed E-state index contributed by atoms with van der Waals surface area (Å²) in [7, 11) is 0. The van der Waals surface area contributed by atoms with Crippen LogP contribution >= 0.6 is 0 Å². The van der Waals surface area contributed by atoms with Gasteiger partial charge in [-0.1, -0.05) is 30.3 Å². The van der Waals surface area contributed by atoms with E-state index in [0.29, 0.717) is 19.2 Å². The lowest BCUT2D eigenvalue weighted by Gasteiger charge is -2.18. The number of benzene rings is 3. The van der Waals surface area contributed by atoms with E-state index in [2.05, 4.69) is 20.5 Å². The second kappa shape index (κ2) is 8.16. The number of nitrogens with one attached hydrogen (secondary N) is 2. The van der Waals surface area contributed by atoms with Crippen LogP contribution in [0.3, 0.4) is 0 Å². The van der Waals surface area contributed by atoms with Crippen molar-refractivity contribution in [2.24, 2.45) is 5.10 Å². The number of fused-ring (bicyclic) bond motifs is 2. The summed E-state index contributed by atoms with van der Waals surface area (Å²) in [5, 5.41) is 9.25. The van der Waals surface area contributed by atoms with E-state index in [0.717, 1.165) is 45.0 Å². The number of hydrogen-bond acceptors (Lipinski definition) is 6. The molecule has 33 heavy (non-hydrogen) atoms. The number of aromatic amines is 1. The third-order valence-corrected chi connectivity index (χ3v) is 5.34. The normalized spacial score (nSPS) is 13.0. The summed E-state index contributed by atoms with van der Waals surface area (Å²) in [4.78, 5) is 7.70. The lowest BCUT2D eigenvalue weighted by atomic mass is 10.1. The van der Waals surface area contributed by atoms with E-state index in [9.17, 15) is 0 Å². The number of rotatable bonds is 5. The molecule has 3 heterocycles. The largest absolute Gasteiger partial charge is 0.486 e. The zero-order chi connectivity index (χ0) is 22.0. The molecule has 0 bridgehead atoms. The smallest absolute Gasteiger partial charge is 0.222 e. The van der Waals surface area contributed by atoms with Gasteiger partial charge in [0.15, 0.2) is 11.5 Å². The minimum atomic E-state index is 0.532. The number of ether oxygens (including phenoxy) is 2. The Morgan fingerprint density at radius 3 is 2.64 bits per heavy atom. The van der Waals surface area contributed by atoms with Gasteiger partial charge >= 0.3 is 0 Å². The van der Waals surface area contributed by atoms with Gasteiger partial charge in [-0.15, -0.1) is 0 Å².